The van der Waals surface area contributed by atoms with Crippen molar-refractivity contribution in [1.29, 1.82) is 16.2 Å². The van der Waals surface area contributed by atoms with Crippen LogP contribution in [0.4, 0.5) is 0 Å². The second-order valence-corrected chi connectivity index (χ2v) is 26.7. The van der Waals surface area contributed by atoms with Crippen molar-refractivity contribution in [3.8, 4) is 0 Å². The number of guanidine groups is 3. The molecule has 4 aromatic heterocycles. The number of aromatic amines is 4. The quantitative estimate of drug-likeness (QED) is 0.0145. The number of amides is 8. The highest BCUT2D eigenvalue weighted by molar-refractivity contribution is 6.00. The van der Waals surface area contributed by atoms with Gasteiger partial charge in [0.2, 0.25) is 47.3 Å². The molecule has 572 valence electrons. The molecule has 0 unspecified atom stereocenters. The molecule has 4 aromatic carbocycles. The van der Waals surface area contributed by atoms with Gasteiger partial charge in [-0.15, -0.1) is 0 Å². The first-order valence-corrected chi connectivity index (χ1v) is 36.0. The monoisotopic (exact) mass is 1470 g/mol. The van der Waals surface area contributed by atoms with E-state index in [0.29, 0.717) is 52.4 Å². The van der Waals surface area contributed by atoms with Gasteiger partial charge in [0, 0.05) is 114 Å². The average Bonchev–Trinajstić information content (AvgIpc) is 1.71. The van der Waals surface area contributed by atoms with Gasteiger partial charge in [0.1, 0.15) is 48.3 Å². The minimum atomic E-state index is -1.49. The number of carboxylic acids is 1. The summed E-state index contributed by atoms with van der Waals surface area (Å²) in [5.74, 6) is -9.24. The first-order chi connectivity index (χ1) is 51.4. The molecule has 33 heteroatoms. The van der Waals surface area contributed by atoms with Crippen molar-refractivity contribution in [2.45, 2.75) is 158 Å². The topological polar surface area (TPSA) is 571 Å². The zero-order chi connectivity index (χ0) is 77.1. The predicted molar refractivity (Wildman–Crippen MR) is 409 cm³/mol. The van der Waals surface area contributed by atoms with Gasteiger partial charge in [0.25, 0.3) is 0 Å². The minimum absolute atomic E-state index is 0.0345. The van der Waals surface area contributed by atoms with Crippen molar-refractivity contribution in [3.05, 3.63) is 144 Å². The first kappa shape index (κ1) is 80.7. The van der Waals surface area contributed by atoms with Crippen LogP contribution >= 0.6 is 0 Å². The molecule has 0 saturated heterocycles. The molecule has 0 aliphatic carbocycles. The van der Waals surface area contributed by atoms with E-state index in [9.17, 15) is 19.5 Å². The summed E-state index contributed by atoms with van der Waals surface area (Å²) in [6.07, 6.45) is 7.96. The summed E-state index contributed by atoms with van der Waals surface area (Å²) in [4.78, 5) is 145. The van der Waals surface area contributed by atoms with E-state index < -0.39 is 114 Å². The zero-order valence-electron chi connectivity index (χ0n) is 60.1. The smallest absolute Gasteiger partial charge is 0.326 e. The highest BCUT2D eigenvalue weighted by Gasteiger charge is 2.37. The zero-order valence-corrected chi connectivity index (χ0v) is 60.1. The number of fused-ring (bicyclic) bond motifs is 4. The fourth-order valence-corrected chi connectivity index (χ4v) is 12.8. The normalized spacial score (nSPS) is 14.1. The fraction of sp³-hybridized carbons (Fsp3) is 0.405. The Bertz CT molecular complexity index is 4410. The summed E-state index contributed by atoms with van der Waals surface area (Å²) in [6.45, 7) is 4.19. The molecule has 10 atom stereocenters. The Morgan fingerprint density at radius 2 is 0.682 bits per heavy atom. The lowest BCUT2D eigenvalue weighted by Gasteiger charge is -2.29. The summed E-state index contributed by atoms with van der Waals surface area (Å²) in [5, 5.41) is 66.5. The lowest BCUT2D eigenvalue weighted by atomic mass is 9.96. The van der Waals surface area contributed by atoms with E-state index in [1.54, 1.807) is 50.8 Å². The third-order valence-corrected chi connectivity index (χ3v) is 18.9. The Labute approximate surface area is 618 Å². The standard InChI is InChI=1S/C74H101N23O10/c1-3-41(2)62(70(105)92-57(71(106)107)28-16-32-85-74(81)82)97-69(104)61(36-45-40-89-54-25-11-7-20-49(45)54)96-68(103)60(35-44-39-88-53-24-10-6-19-48(44)53)94-65(100)55(26-12-13-29-75)90-64(99)56(27-15-31-84-73(79)80)91-66(101)59(34-43-38-87-52-23-9-5-18-47(43)52)95-67(102)58(33-42-37-86-51-22-8-4-17-46(42)51)93-63(98)50(76)21-14-30-83-72(77)78/h4-11,17-20,22-25,37-41,50,55-62,86-89H,3,12-16,21,26-36,75-76H2,1-2H3,(H,90,99)(H,91,101)(H,92,105)(H,93,98)(H,94,100)(H,95,102)(H,96,103)(H,97,104)(H,106,107)(H4,77,78,83)(H4,79,80,84)(H4,81,82,85)/t41-,50-,55-,56-,57-,58-,59-,60-,61-,62-/m0/s1. The minimum Gasteiger partial charge on any atom is -0.480 e. The number of carbonyl (C=O) groups is 9. The molecule has 0 fully saturated rings. The van der Waals surface area contributed by atoms with Crippen molar-refractivity contribution in [3.63, 3.8) is 0 Å². The molecule has 0 spiro atoms. The fourth-order valence-electron chi connectivity index (χ4n) is 12.8. The van der Waals surface area contributed by atoms with Crippen LogP contribution in [-0.4, -0.2) is 177 Å². The number of rotatable bonds is 43. The van der Waals surface area contributed by atoms with E-state index in [2.05, 4.69) is 78.4 Å². The van der Waals surface area contributed by atoms with Crippen LogP contribution in [-0.2, 0) is 68.8 Å². The Morgan fingerprint density at radius 1 is 0.393 bits per heavy atom. The van der Waals surface area contributed by atoms with Gasteiger partial charge in [0.15, 0.2) is 17.9 Å². The van der Waals surface area contributed by atoms with Crippen LogP contribution < -0.4 is 87.2 Å². The number of carbonyl (C=O) groups excluding carboxylic acids is 8. The number of carboxylic acid groups (broad SMARTS) is 1. The molecule has 0 bridgehead atoms. The van der Waals surface area contributed by atoms with Crippen LogP contribution in [0, 0.1) is 22.1 Å². The summed E-state index contributed by atoms with van der Waals surface area (Å²) >= 11 is 0. The molecule has 8 rings (SSSR count). The average molecular weight is 1470 g/mol. The van der Waals surface area contributed by atoms with Crippen LogP contribution in [0.25, 0.3) is 43.6 Å². The molecule has 0 radical (unpaired) electrons. The van der Waals surface area contributed by atoms with Crippen LogP contribution in [0.2, 0.25) is 0 Å². The highest BCUT2D eigenvalue weighted by atomic mass is 16.4. The van der Waals surface area contributed by atoms with Crippen LogP contribution in [0.1, 0.15) is 100 Å². The van der Waals surface area contributed by atoms with Gasteiger partial charge < -0.3 is 112 Å². The summed E-state index contributed by atoms with van der Waals surface area (Å²) in [6, 6.07) is 16.9. The van der Waals surface area contributed by atoms with Crippen molar-refractivity contribution in [2.24, 2.45) is 34.6 Å². The summed E-state index contributed by atoms with van der Waals surface area (Å²) in [5.41, 5.74) is 34.3. The van der Waals surface area contributed by atoms with Crippen molar-refractivity contribution in [2.75, 3.05) is 26.2 Å². The van der Waals surface area contributed by atoms with Crippen molar-refractivity contribution in [1.82, 2.24) is 78.4 Å². The van der Waals surface area contributed by atoms with Crippen LogP contribution in [0.15, 0.2) is 122 Å². The molecule has 0 aliphatic rings. The molecular formula is C74H101N23O10. The maximum absolute atomic E-state index is 15.5. The number of benzene rings is 4. The van der Waals surface area contributed by atoms with Gasteiger partial charge in [0.05, 0.1) is 6.04 Å². The molecule has 8 amide bonds. The number of unbranched alkanes of at least 4 members (excludes halogenated alkanes) is 1. The van der Waals surface area contributed by atoms with Gasteiger partial charge in [-0.1, -0.05) is 93.1 Å². The second kappa shape index (κ2) is 39.8. The van der Waals surface area contributed by atoms with Crippen LogP contribution in [0.5, 0.6) is 0 Å². The Morgan fingerprint density at radius 3 is 1.02 bits per heavy atom. The molecular weight excluding hydrogens is 1370 g/mol. The highest BCUT2D eigenvalue weighted by Crippen LogP contribution is 2.25. The number of aromatic nitrogens is 4. The lowest BCUT2D eigenvalue weighted by molar-refractivity contribution is -0.143. The third kappa shape index (κ3) is 23.5. The van der Waals surface area contributed by atoms with E-state index in [4.69, 9.17) is 44.9 Å². The molecule has 8 aromatic rings. The molecule has 29 N–H and O–H groups in total. The number of H-pyrrole nitrogens is 4. The number of nitrogens with one attached hydrogen (secondary N) is 18. The maximum atomic E-state index is 15.5. The van der Waals surface area contributed by atoms with Gasteiger partial charge in [-0.2, -0.15) is 0 Å². The SMILES string of the molecule is CC[C@H](C)[C@H](NC(=O)[C@H](Cc1c[nH]c2ccccc12)NC(=O)[C@H](Cc1c[nH]c2ccccc12)NC(=O)[C@H](CCCCN)NC(=O)[C@H](CCCNC(=N)N)NC(=O)[C@H](Cc1c[nH]c2ccccc12)NC(=O)[C@H](Cc1c[nH]c2ccccc12)NC(=O)[C@@H](N)CCCNC(=N)N)C(=O)N[C@@H](CCCNC(=N)N)C(=O)O. The number of nitrogens with two attached hydrogens (primary N) is 5. The van der Waals surface area contributed by atoms with Crippen molar-refractivity contribution >= 4 is 115 Å². The molecule has 0 saturated carbocycles. The summed E-state index contributed by atoms with van der Waals surface area (Å²) in [7, 11) is 0. The first-order valence-electron chi connectivity index (χ1n) is 36.0. The van der Waals surface area contributed by atoms with E-state index in [1.165, 1.54) is 0 Å². The molecule has 33 nitrogen and oxygen atoms in total. The Kier molecular flexibility index (Phi) is 30.0. The van der Waals surface area contributed by atoms with Gasteiger partial charge in [-0.3, -0.25) is 54.6 Å². The molecule has 0 aliphatic heterocycles. The number of hydrogen-bond acceptors (Lipinski definition) is 14. The third-order valence-electron chi connectivity index (χ3n) is 18.9. The predicted octanol–water partition coefficient (Wildman–Crippen LogP) is 1.14. The Hall–Kier alpha value is -12.0. The van der Waals surface area contributed by atoms with E-state index in [0.717, 1.165) is 32.7 Å². The maximum Gasteiger partial charge on any atom is 0.326 e. The van der Waals surface area contributed by atoms with E-state index in [1.807, 2.05) is 84.9 Å². The number of aliphatic carboxylic acids is 1. The Balaban J connectivity index is 1.10. The number of para-hydroxylation sites is 4. The number of hydrogen-bond donors (Lipinski definition) is 24. The van der Waals surface area contributed by atoms with Crippen molar-refractivity contribution < 1.29 is 48.3 Å². The van der Waals surface area contributed by atoms with Gasteiger partial charge in [-0.05, 0) is 117 Å². The second-order valence-electron chi connectivity index (χ2n) is 26.7. The molecule has 107 heavy (non-hydrogen) atoms. The van der Waals surface area contributed by atoms with Crippen LogP contribution in [0.3, 0.4) is 0 Å². The van der Waals surface area contributed by atoms with Gasteiger partial charge in [-0.25, -0.2) is 4.79 Å². The lowest BCUT2D eigenvalue weighted by Crippen LogP contribution is -2.61. The van der Waals surface area contributed by atoms with E-state index in [-0.39, 0.29) is 115 Å². The summed E-state index contributed by atoms with van der Waals surface area (Å²) < 4.78 is 0. The largest absolute Gasteiger partial charge is 0.480 e. The van der Waals surface area contributed by atoms with Gasteiger partial charge >= 0.3 is 5.97 Å². The van der Waals surface area contributed by atoms with E-state index >= 15 is 28.8 Å². The molecule has 4 heterocycles.